The normalized spacial score (nSPS) is 12.9. The first-order valence-corrected chi connectivity index (χ1v) is 6.92. The Labute approximate surface area is 101 Å². The first-order chi connectivity index (χ1) is 7.78. The number of hydrogen-bond acceptors (Lipinski definition) is 4. The summed E-state index contributed by atoms with van der Waals surface area (Å²) in [6.07, 6.45) is 0.568. The van der Waals surface area contributed by atoms with Crippen molar-refractivity contribution in [3.05, 3.63) is 24.3 Å². The molecular weight excluding hydrogens is 242 g/mol. The number of carbonyl (C=O) groups is 1. The number of hydrogen-bond donors (Lipinski definition) is 1. The van der Waals surface area contributed by atoms with Gasteiger partial charge in [0.25, 0.3) is 0 Å². The van der Waals surface area contributed by atoms with E-state index in [0.29, 0.717) is 11.4 Å². The van der Waals surface area contributed by atoms with E-state index in [9.17, 15) is 13.2 Å². The Kier molecular flexibility index (Phi) is 4.11. The minimum Gasteiger partial charge on any atom is -0.483 e. The molecule has 1 unspecified atom stereocenters. The molecule has 0 bridgehead atoms. The maximum Gasteiger partial charge on any atom is 0.229 e. The van der Waals surface area contributed by atoms with Gasteiger partial charge >= 0.3 is 0 Å². The fourth-order valence-corrected chi connectivity index (χ4v) is 1.67. The van der Waals surface area contributed by atoms with Crippen molar-refractivity contribution in [1.29, 1.82) is 0 Å². The van der Waals surface area contributed by atoms with Gasteiger partial charge in [0.1, 0.15) is 5.75 Å². The van der Waals surface area contributed by atoms with Crippen LogP contribution in [0.25, 0.3) is 0 Å². The van der Waals surface area contributed by atoms with E-state index < -0.39 is 16.1 Å². The zero-order valence-corrected chi connectivity index (χ0v) is 10.7. The predicted octanol–water partition coefficient (Wildman–Crippen LogP) is 1.41. The van der Waals surface area contributed by atoms with Gasteiger partial charge in [0.05, 0.1) is 6.26 Å². The second kappa shape index (κ2) is 5.18. The van der Waals surface area contributed by atoms with Crippen molar-refractivity contribution >= 4 is 21.5 Å². The number of rotatable bonds is 5. The monoisotopic (exact) mass is 257 g/mol. The van der Waals surface area contributed by atoms with E-state index in [2.05, 4.69) is 4.72 Å². The fourth-order valence-electron chi connectivity index (χ4n) is 1.10. The molecule has 1 rings (SSSR count). The molecule has 94 valence electrons. The molecule has 0 spiro atoms. The lowest BCUT2D eigenvalue weighted by Crippen LogP contribution is -2.20. The van der Waals surface area contributed by atoms with Gasteiger partial charge in [0, 0.05) is 5.69 Å². The molecule has 6 heteroatoms. The summed E-state index contributed by atoms with van der Waals surface area (Å²) in [6, 6.07) is 6.35. The molecule has 0 radical (unpaired) electrons. The smallest absolute Gasteiger partial charge is 0.229 e. The highest BCUT2D eigenvalue weighted by Gasteiger charge is 2.09. The van der Waals surface area contributed by atoms with Crippen LogP contribution in [0.15, 0.2) is 24.3 Å². The van der Waals surface area contributed by atoms with Crippen molar-refractivity contribution in [3.8, 4) is 5.75 Å². The van der Waals surface area contributed by atoms with Crippen LogP contribution in [0.4, 0.5) is 5.69 Å². The second-order valence-corrected chi connectivity index (χ2v) is 5.52. The van der Waals surface area contributed by atoms with Crippen LogP contribution < -0.4 is 9.46 Å². The maximum atomic E-state index is 11.0. The first-order valence-electron chi connectivity index (χ1n) is 5.03. The number of anilines is 1. The summed E-state index contributed by atoms with van der Waals surface area (Å²) in [5, 5.41) is 0. The van der Waals surface area contributed by atoms with Gasteiger partial charge in [0.15, 0.2) is 11.9 Å². The molecule has 1 N–H and O–H groups in total. The number of ketones is 1. The SMILES string of the molecule is CC(=O)C(C)Oc1ccc(NS(C)(=O)=O)cc1. The Balaban J connectivity index is 2.72. The summed E-state index contributed by atoms with van der Waals surface area (Å²) in [5.74, 6) is 0.454. The Morgan fingerprint density at radius 1 is 1.29 bits per heavy atom. The minimum atomic E-state index is -3.27. The zero-order valence-electron chi connectivity index (χ0n) is 9.93. The summed E-state index contributed by atoms with van der Waals surface area (Å²) in [4.78, 5) is 11.0. The van der Waals surface area contributed by atoms with Gasteiger partial charge in [-0.15, -0.1) is 0 Å². The van der Waals surface area contributed by atoms with Crippen molar-refractivity contribution in [3.63, 3.8) is 0 Å². The topological polar surface area (TPSA) is 72.5 Å². The Morgan fingerprint density at radius 3 is 2.24 bits per heavy atom. The van der Waals surface area contributed by atoms with Crippen LogP contribution in [-0.2, 0) is 14.8 Å². The Bertz CT molecular complexity index is 493. The van der Waals surface area contributed by atoms with E-state index >= 15 is 0 Å². The van der Waals surface area contributed by atoms with E-state index in [1.54, 1.807) is 31.2 Å². The van der Waals surface area contributed by atoms with Crippen LogP contribution in [0.1, 0.15) is 13.8 Å². The highest BCUT2D eigenvalue weighted by molar-refractivity contribution is 7.92. The number of benzene rings is 1. The third-order valence-corrected chi connectivity index (χ3v) is 2.65. The number of carbonyl (C=O) groups excluding carboxylic acids is 1. The second-order valence-electron chi connectivity index (χ2n) is 3.77. The molecule has 1 aromatic carbocycles. The lowest BCUT2D eigenvalue weighted by Gasteiger charge is -2.12. The third-order valence-electron chi connectivity index (χ3n) is 2.04. The number of sulfonamides is 1. The van der Waals surface area contributed by atoms with Crippen molar-refractivity contribution in [2.45, 2.75) is 20.0 Å². The molecule has 17 heavy (non-hydrogen) atoms. The number of ether oxygens (including phenoxy) is 1. The van der Waals surface area contributed by atoms with Gasteiger partial charge < -0.3 is 4.74 Å². The molecule has 0 amide bonds. The lowest BCUT2D eigenvalue weighted by molar-refractivity contribution is -0.122. The minimum absolute atomic E-state index is 0.0664. The van der Waals surface area contributed by atoms with Crippen molar-refractivity contribution in [2.75, 3.05) is 11.0 Å². The van der Waals surface area contributed by atoms with E-state index in [4.69, 9.17) is 4.74 Å². The molecule has 0 fully saturated rings. The molecule has 0 heterocycles. The predicted molar refractivity (Wildman–Crippen MR) is 65.7 cm³/mol. The molecule has 1 aromatic rings. The van der Waals surface area contributed by atoms with Crippen molar-refractivity contribution in [2.24, 2.45) is 0 Å². The lowest BCUT2D eigenvalue weighted by atomic mass is 10.2. The van der Waals surface area contributed by atoms with Crippen LogP contribution >= 0.6 is 0 Å². The molecule has 0 saturated carbocycles. The van der Waals surface area contributed by atoms with Crippen LogP contribution in [0.3, 0.4) is 0 Å². The molecule has 0 saturated heterocycles. The van der Waals surface area contributed by atoms with Gasteiger partial charge in [0.2, 0.25) is 10.0 Å². The third kappa shape index (κ3) is 4.86. The highest BCUT2D eigenvalue weighted by Crippen LogP contribution is 2.17. The van der Waals surface area contributed by atoms with E-state index in [-0.39, 0.29) is 5.78 Å². The zero-order chi connectivity index (χ0) is 13.1. The number of nitrogens with one attached hydrogen (secondary N) is 1. The molecule has 0 aliphatic carbocycles. The molecule has 0 aliphatic heterocycles. The van der Waals surface area contributed by atoms with Crippen LogP contribution in [-0.4, -0.2) is 26.6 Å². The highest BCUT2D eigenvalue weighted by atomic mass is 32.2. The van der Waals surface area contributed by atoms with Gasteiger partial charge in [-0.3, -0.25) is 9.52 Å². The van der Waals surface area contributed by atoms with Crippen LogP contribution in [0, 0.1) is 0 Å². The first kappa shape index (κ1) is 13.5. The average Bonchev–Trinajstić information content (AvgIpc) is 2.18. The molecule has 0 aliphatic rings. The van der Waals surface area contributed by atoms with Crippen molar-refractivity contribution in [1.82, 2.24) is 0 Å². The van der Waals surface area contributed by atoms with Gasteiger partial charge in [-0.05, 0) is 38.1 Å². The van der Waals surface area contributed by atoms with E-state index in [1.807, 2.05) is 0 Å². The summed E-state index contributed by atoms with van der Waals surface area (Å²) in [5.41, 5.74) is 0.454. The molecular formula is C11H15NO4S. The standard InChI is InChI=1S/C11H15NO4S/c1-8(13)9(2)16-11-6-4-10(5-7-11)12-17(3,14)15/h4-7,9,12H,1-3H3. The summed E-state index contributed by atoms with van der Waals surface area (Å²) in [6.45, 7) is 3.11. The maximum absolute atomic E-state index is 11.0. The summed E-state index contributed by atoms with van der Waals surface area (Å²) >= 11 is 0. The quantitative estimate of drug-likeness (QED) is 0.865. The molecule has 5 nitrogen and oxygen atoms in total. The fraction of sp³-hybridized carbons (Fsp3) is 0.364. The largest absolute Gasteiger partial charge is 0.483 e. The molecule has 1 atom stereocenters. The van der Waals surface area contributed by atoms with Crippen LogP contribution in [0.5, 0.6) is 5.75 Å². The van der Waals surface area contributed by atoms with Crippen LogP contribution in [0.2, 0.25) is 0 Å². The van der Waals surface area contributed by atoms with Gasteiger partial charge in [-0.1, -0.05) is 0 Å². The van der Waals surface area contributed by atoms with E-state index in [1.165, 1.54) is 6.92 Å². The summed E-state index contributed by atoms with van der Waals surface area (Å²) in [7, 11) is -3.27. The Hall–Kier alpha value is -1.56. The van der Waals surface area contributed by atoms with Gasteiger partial charge in [-0.25, -0.2) is 8.42 Å². The number of Topliss-reactive ketones (excluding diaryl/α,β-unsaturated/α-hetero) is 1. The molecule has 0 aromatic heterocycles. The summed E-state index contributed by atoms with van der Waals surface area (Å²) < 4.78 is 29.6. The Morgan fingerprint density at radius 2 is 1.82 bits per heavy atom. The van der Waals surface area contributed by atoms with Gasteiger partial charge in [-0.2, -0.15) is 0 Å². The average molecular weight is 257 g/mol. The van der Waals surface area contributed by atoms with Crippen molar-refractivity contribution < 1.29 is 17.9 Å². The van der Waals surface area contributed by atoms with E-state index in [0.717, 1.165) is 6.26 Å².